The van der Waals surface area contributed by atoms with E-state index in [4.69, 9.17) is 4.98 Å². The molecule has 7 heteroatoms. The number of piperidine rings is 1. The molecule has 38 heavy (non-hydrogen) atoms. The summed E-state index contributed by atoms with van der Waals surface area (Å²) in [6.45, 7) is 18.8. The van der Waals surface area contributed by atoms with Crippen molar-refractivity contribution in [2.75, 3.05) is 18.4 Å². The van der Waals surface area contributed by atoms with E-state index in [0.29, 0.717) is 0 Å². The van der Waals surface area contributed by atoms with Crippen LogP contribution in [0.25, 0.3) is 39.4 Å². The van der Waals surface area contributed by atoms with Gasteiger partial charge in [0.05, 0.1) is 28.8 Å². The Labute approximate surface area is 224 Å². The van der Waals surface area contributed by atoms with Crippen LogP contribution in [0.3, 0.4) is 0 Å². The highest BCUT2D eigenvalue weighted by Crippen LogP contribution is 2.33. The van der Waals surface area contributed by atoms with E-state index < -0.39 is 0 Å². The van der Waals surface area contributed by atoms with E-state index in [9.17, 15) is 0 Å². The number of fused-ring (bicyclic) bond motifs is 1. The van der Waals surface area contributed by atoms with Crippen LogP contribution in [0.2, 0.25) is 0 Å². The standard InChI is InChI=1S/C31H37N7/c1-7-11-28(38-14-9-8-10-15-38)24-17-27(33-20(24)2)30-29-26(36-37-30)13-12-25(35-29)22-16-23(19-32-18-22)34-21(3)31(4,5)6/h7,11-13,16-19,33-34H,1,3,8-10,14-15H2,2,4-6H3,(H,36,37)/b28-11+. The number of aromatic amines is 2. The molecule has 5 rings (SSSR count). The smallest absolute Gasteiger partial charge is 0.135 e. The van der Waals surface area contributed by atoms with E-state index in [1.54, 1.807) is 0 Å². The van der Waals surface area contributed by atoms with Crippen LogP contribution >= 0.6 is 0 Å². The molecular weight excluding hydrogens is 470 g/mol. The minimum absolute atomic E-state index is 0.0550. The number of rotatable bonds is 7. The van der Waals surface area contributed by atoms with E-state index in [-0.39, 0.29) is 5.41 Å². The van der Waals surface area contributed by atoms with Gasteiger partial charge < -0.3 is 15.2 Å². The minimum atomic E-state index is -0.0550. The van der Waals surface area contributed by atoms with Crippen molar-refractivity contribution in [2.45, 2.75) is 47.0 Å². The Morgan fingerprint density at radius 1 is 1.11 bits per heavy atom. The Morgan fingerprint density at radius 2 is 1.89 bits per heavy atom. The third-order valence-electron chi connectivity index (χ3n) is 7.16. The Kier molecular flexibility index (Phi) is 6.93. The minimum Gasteiger partial charge on any atom is -0.371 e. The summed E-state index contributed by atoms with van der Waals surface area (Å²) in [4.78, 5) is 15.5. The summed E-state index contributed by atoms with van der Waals surface area (Å²) in [6.07, 6.45) is 11.4. The average Bonchev–Trinajstić information content (AvgIpc) is 3.50. The lowest BCUT2D eigenvalue weighted by Gasteiger charge is -2.31. The van der Waals surface area contributed by atoms with Gasteiger partial charge in [-0.05, 0) is 56.5 Å². The molecule has 0 bridgehead atoms. The molecule has 1 aliphatic heterocycles. The van der Waals surface area contributed by atoms with Crippen LogP contribution in [-0.2, 0) is 0 Å². The lowest BCUT2D eigenvalue weighted by atomic mass is 9.93. The molecule has 0 spiro atoms. The highest BCUT2D eigenvalue weighted by Gasteiger charge is 2.21. The second kappa shape index (κ2) is 10.3. The van der Waals surface area contributed by atoms with Crippen molar-refractivity contribution >= 4 is 22.4 Å². The van der Waals surface area contributed by atoms with Gasteiger partial charge in [-0.15, -0.1) is 0 Å². The summed E-state index contributed by atoms with van der Waals surface area (Å²) >= 11 is 0. The number of hydrogen-bond acceptors (Lipinski definition) is 5. The van der Waals surface area contributed by atoms with Crippen LogP contribution in [0.1, 0.15) is 51.3 Å². The zero-order chi connectivity index (χ0) is 26.9. The van der Waals surface area contributed by atoms with Crippen molar-refractivity contribution in [1.82, 2.24) is 30.0 Å². The second-order valence-electron chi connectivity index (χ2n) is 11.0. The SMILES string of the molecule is C=C/C=C(\c1cc(-c2n[nH]c3ccc(-c4cncc(NC(=C)C(C)(C)C)c4)nc23)[nH]c1C)N1CCCCC1. The molecular formula is C31H37N7. The van der Waals surface area contributed by atoms with Crippen LogP contribution in [-0.4, -0.2) is 43.1 Å². The summed E-state index contributed by atoms with van der Waals surface area (Å²) in [6, 6.07) is 8.26. The van der Waals surface area contributed by atoms with Crippen LogP contribution in [0.4, 0.5) is 5.69 Å². The number of allylic oxidation sites excluding steroid dienone is 3. The van der Waals surface area contributed by atoms with Crippen LogP contribution < -0.4 is 5.32 Å². The van der Waals surface area contributed by atoms with Crippen molar-refractivity contribution < 1.29 is 0 Å². The zero-order valence-electron chi connectivity index (χ0n) is 22.9. The molecule has 0 aliphatic carbocycles. The van der Waals surface area contributed by atoms with Crippen molar-refractivity contribution in [1.29, 1.82) is 0 Å². The molecule has 0 amide bonds. The molecule has 1 aliphatic rings. The molecule has 7 nitrogen and oxygen atoms in total. The highest BCUT2D eigenvalue weighted by atomic mass is 15.1. The van der Waals surface area contributed by atoms with E-state index in [0.717, 1.165) is 63.8 Å². The fraction of sp³-hybridized carbons (Fsp3) is 0.323. The lowest BCUT2D eigenvalue weighted by molar-refractivity contribution is 0.326. The molecule has 0 atom stereocenters. The number of anilines is 1. The predicted octanol–water partition coefficient (Wildman–Crippen LogP) is 7.31. The zero-order valence-corrected chi connectivity index (χ0v) is 22.9. The van der Waals surface area contributed by atoms with Crippen LogP contribution in [0.5, 0.6) is 0 Å². The largest absolute Gasteiger partial charge is 0.371 e. The first kappa shape index (κ1) is 25.5. The summed E-state index contributed by atoms with van der Waals surface area (Å²) in [5.41, 5.74) is 10.5. The van der Waals surface area contributed by atoms with Crippen molar-refractivity contribution in [3.63, 3.8) is 0 Å². The quantitative estimate of drug-likeness (QED) is 0.228. The molecule has 4 aromatic rings. The number of nitrogens with zero attached hydrogens (tertiary/aromatic N) is 4. The molecule has 4 aromatic heterocycles. The summed E-state index contributed by atoms with van der Waals surface area (Å²) in [5, 5.41) is 11.2. The van der Waals surface area contributed by atoms with Gasteiger partial charge in [-0.3, -0.25) is 10.1 Å². The van der Waals surface area contributed by atoms with Gasteiger partial charge >= 0.3 is 0 Å². The van der Waals surface area contributed by atoms with Gasteiger partial charge in [-0.1, -0.05) is 40.0 Å². The van der Waals surface area contributed by atoms with Crippen LogP contribution in [0, 0.1) is 12.3 Å². The van der Waals surface area contributed by atoms with Gasteiger partial charge in [0.1, 0.15) is 11.2 Å². The number of H-pyrrole nitrogens is 2. The van der Waals surface area contributed by atoms with E-state index >= 15 is 0 Å². The second-order valence-corrected chi connectivity index (χ2v) is 11.0. The molecule has 1 saturated heterocycles. The van der Waals surface area contributed by atoms with E-state index in [2.05, 4.69) is 89.4 Å². The molecule has 1 fully saturated rings. The van der Waals surface area contributed by atoms with Gasteiger partial charge in [0.15, 0.2) is 0 Å². The lowest BCUT2D eigenvalue weighted by Crippen LogP contribution is -2.28. The predicted molar refractivity (Wildman–Crippen MR) is 157 cm³/mol. The number of aryl methyl sites for hydroxylation is 1. The highest BCUT2D eigenvalue weighted by molar-refractivity contribution is 5.91. The van der Waals surface area contributed by atoms with E-state index in [1.165, 1.54) is 30.5 Å². The molecule has 196 valence electrons. The fourth-order valence-electron chi connectivity index (χ4n) is 4.82. The van der Waals surface area contributed by atoms with E-state index in [1.807, 2.05) is 30.6 Å². The Morgan fingerprint density at radius 3 is 2.63 bits per heavy atom. The Bertz CT molecular complexity index is 1510. The maximum Gasteiger partial charge on any atom is 0.135 e. The maximum absolute atomic E-state index is 5.02. The first-order valence-electron chi connectivity index (χ1n) is 13.3. The number of aromatic nitrogens is 5. The average molecular weight is 508 g/mol. The van der Waals surface area contributed by atoms with Crippen molar-refractivity contribution in [3.8, 4) is 22.6 Å². The van der Waals surface area contributed by atoms with Gasteiger partial charge in [0.2, 0.25) is 0 Å². The first-order chi connectivity index (χ1) is 18.2. The third kappa shape index (κ3) is 5.14. The van der Waals surface area contributed by atoms with Crippen molar-refractivity contribution in [2.24, 2.45) is 5.41 Å². The summed E-state index contributed by atoms with van der Waals surface area (Å²) in [5.74, 6) is 0. The number of pyridine rings is 2. The third-order valence-corrected chi connectivity index (χ3v) is 7.16. The number of likely N-dealkylation sites (tertiary alicyclic amines) is 1. The Balaban J connectivity index is 1.49. The molecule has 0 unspecified atom stereocenters. The monoisotopic (exact) mass is 507 g/mol. The molecule has 5 heterocycles. The topological polar surface area (TPSA) is 85.5 Å². The number of nitrogens with one attached hydrogen (secondary N) is 3. The molecule has 0 saturated carbocycles. The van der Waals surface area contributed by atoms with Gasteiger partial charge in [0, 0.05) is 52.9 Å². The summed E-state index contributed by atoms with van der Waals surface area (Å²) < 4.78 is 0. The maximum atomic E-state index is 5.02. The van der Waals surface area contributed by atoms with Crippen LogP contribution in [0.15, 0.2) is 67.7 Å². The first-order valence-corrected chi connectivity index (χ1v) is 13.3. The molecule has 3 N–H and O–H groups in total. The Hall–Kier alpha value is -4.13. The van der Waals surface area contributed by atoms with Gasteiger partial charge in [-0.2, -0.15) is 5.10 Å². The van der Waals surface area contributed by atoms with Gasteiger partial charge in [0.25, 0.3) is 0 Å². The number of hydrogen-bond donors (Lipinski definition) is 3. The van der Waals surface area contributed by atoms with Gasteiger partial charge in [-0.25, -0.2) is 4.98 Å². The summed E-state index contributed by atoms with van der Waals surface area (Å²) in [7, 11) is 0. The van der Waals surface area contributed by atoms with Crippen molar-refractivity contribution in [3.05, 3.63) is 78.9 Å². The fourth-order valence-corrected chi connectivity index (χ4v) is 4.82. The molecule has 0 radical (unpaired) electrons. The normalized spacial score (nSPS) is 14.6. The molecule has 0 aromatic carbocycles.